The molecule has 1 aliphatic rings. The molecule has 0 saturated carbocycles. The van der Waals surface area contributed by atoms with E-state index in [4.69, 9.17) is 0 Å². The third-order valence-electron chi connectivity index (χ3n) is 3.92. The smallest absolute Gasteiger partial charge is 0.225 e. The number of carbonyl (C=O) groups excluding carboxylic acids is 2. The topological polar surface area (TPSA) is 83.6 Å². The molecule has 1 saturated heterocycles. The predicted molar refractivity (Wildman–Crippen MR) is 86.5 cm³/mol. The number of sulfone groups is 1. The van der Waals surface area contributed by atoms with Crippen molar-refractivity contribution in [1.82, 2.24) is 10.2 Å². The van der Waals surface area contributed by atoms with Crippen molar-refractivity contribution in [2.45, 2.75) is 31.2 Å². The molecule has 126 valence electrons. The van der Waals surface area contributed by atoms with Gasteiger partial charge in [0.05, 0.1) is 16.6 Å². The van der Waals surface area contributed by atoms with Crippen LogP contribution in [0.2, 0.25) is 0 Å². The minimum absolute atomic E-state index is 0.0305. The van der Waals surface area contributed by atoms with Crippen LogP contribution >= 0.6 is 0 Å². The fourth-order valence-corrected chi connectivity index (χ4v) is 3.78. The number of likely N-dealkylation sites (tertiary alicyclic amines) is 1. The maximum absolute atomic E-state index is 12.1. The number of nitrogens with zero attached hydrogens (tertiary/aromatic N) is 1. The Hall–Kier alpha value is -1.89. The van der Waals surface area contributed by atoms with Crippen molar-refractivity contribution in [2.75, 3.05) is 18.8 Å². The van der Waals surface area contributed by atoms with E-state index in [0.717, 1.165) is 0 Å². The molecule has 1 N–H and O–H groups in total. The molecule has 0 aromatic heterocycles. The molecule has 7 heteroatoms. The summed E-state index contributed by atoms with van der Waals surface area (Å²) in [4.78, 5) is 25.8. The lowest BCUT2D eigenvalue weighted by molar-refractivity contribution is -0.129. The highest BCUT2D eigenvalue weighted by molar-refractivity contribution is 7.91. The van der Waals surface area contributed by atoms with Crippen LogP contribution in [-0.4, -0.2) is 50.0 Å². The van der Waals surface area contributed by atoms with Crippen LogP contribution in [0.4, 0.5) is 0 Å². The fraction of sp³-hybridized carbons (Fsp3) is 0.500. The molecule has 1 aliphatic heterocycles. The second kappa shape index (κ2) is 7.12. The first-order valence-electron chi connectivity index (χ1n) is 7.66. The van der Waals surface area contributed by atoms with Gasteiger partial charge in [0.25, 0.3) is 0 Å². The van der Waals surface area contributed by atoms with Crippen LogP contribution < -0.4 is 5.32 Å². The van der Waals surface area contributed by atoms with Gasteiger partial charge in [0.2, 0.25) is 11.8 Å². The largest absolute Gasteiger partial charge is 0.355 e. The summed E-state index contributed by atoms with van der Waals surface area (Å²) in [5.41, 5.74) is 0. The number of carbonyl (C=O) groups is 2. The predicted octanol–water partition coefficient (Wildman–Crippen LogP) is 0.833. The molecular formula is C16H22N2O4S. The highest BCUT2D eigenvalue weighted by atomic mass is 32.2. The molecule has 1 fully saturated rings. The first kappa shape index (κ1) is 17.5. The van der Waals surface area contributed by atoms with Gasteiger partial charge in [-0.1, -0.05) is 18.2 Å². The monoisotopic (exact) mass is 338 g/mol. The fourth-order valence-electron chi connectivity index (χ4n) is 2.60. The second-order valence-electron chi connectivity index (χ2n) is 5.96. The van der Waals surface area contributed by atoms with Gasteiger partial charge in [0, 0.05) is 25.6 Å². The Bertz CT molecular complexity index is 671. The maximum atomic E-state index is 12.1. The number of hydrogen-bond acceptors (Lipinski definition) is 4. The van der Waals surface area contributed by atoms with E-state index in [-0.39, 0.29) is 41.5 Å². The summed E-state index contributed by atoms with van der Waals surface area (Å²) in [6.45, 7) is 4.26. The van der Waals surface area contributed by atoms with Crippen LogP contribution in [0.15, 0.2) is 35.2 Å². The lowest BCUT2D eigenvalue weighted by Gasteiger charge is -2.20. The zero-order chi connectivity index (χ0) is 17.0. The van der Waals surface area contributed by atoms with Crippen LogP contribution in [0, 0.1) is 5.92 Å². The van der Waals surface area contributed by atoms with E-state index in [1.807, 2.05) is 13.8 Å². The van der Waals surface area contributed by atoms with E-state index in [9.17, 15) is 18.0 Å². The van der Waals surface area contributed by atoms with Gasteiger partial charge < -0.3 is 10.2 Å². The molecule has 0 bridgehead atoms. The minimum Gasteiger partial charge on any atom is -0.355 e. The van der Waals surface area contributed by atoms with E-state index in [0.29, 0.717) is 6.54 Å². The average Bonchev–Trinajstić information content (AvgIpc) is 2.90. The molecule has 1 aromatic rings. The van der Waals surface area contributed by atoms with E-state index in [1.165, 1.54) is 12.1 Å². The van der Waals surface area contributed by atoms with E-state index in [1.54, 1.807) is 23.1 Å². The SMILES string of the molecule is CC(C)N1CC(C(=O)NCCS(=O)(=O)c2ccccc2)CC1=O. The normalized spacial score (nSPS) is 18.5. The minimum atomic E-state index is -3.41. The van der Waals surface area contributed by atoms with Gasteiger partial charge in [-0.05, 0) is 26.0 Å². The summed E-state index contributed by atoms with van der Waals surface area (Å²) in [5, 5.41) is 2.63. The van der Waals surface area contributed by atoms with E-state index >= 15 is 0 Å². The molecule has 0 aliphatic carbocycles. The molecule has 1 unspecified atom stereocenters. The van der Waals surface area contributed by atoms with E-state index in [2.05, 4.69) is 5.32 Å². The van der Waals surface area contributed by atoms with Crippen molar-refractivity contribution in [2.24, 2.45) is 5.92 Å². The van der Waals surface area contributed by atoms with Crippen molar-refractivity contribution in [3.8, 4) is 0 Å². The summed E-state index contributed by atoms with van der Waals surface area (Å²) in [7, 11) is -3.41. The first-order chi connectivity index (χ1) is 10.8. The maximum Gasteiger partial charge on any atom is 0.225 e. The average molecular weight is 338 g/mol. The summed E-state index contributed by atoms with van der Waals surface area (Å²) >= 11 is 0. The molecule has 6 nitrogen and oxygen atoms in total. The van der Waals surface area contributed by atoms with Gasteiger partial charge in [-0.3, -0.25) is 9.59 Å². The molecule has 1 atom stereocenters. The van der Waals surface area contributed by atoms with Gasteiger partial charge >= 0.3 is 0 Å². The number of benzene rings is 1. The summed E-state index contributed by atoms with van der Waals surface area (Å²) in [6, 6.07) is 8.21. The Labute approximate surface area is 136 Å². The van der Waals surface area contributed by atoms with Crippen molar-refractivity contribution >= 4 is 21.7 Å². The molecule has 0 radical (unpaired) electrons. The molecule has 2 amide bonds. The summed E-state index contributed by atoms with van der Waals surface area (Å²) in [6.07, 6.45) is 0.190. The second-order valence-corrected chi connectivity index (χ2v) is 8.07. The number of amides is 2. The summed E-state index contributed by atoms with van der Waals surface area (Å²) in [5.74, 6) is -0.844. The molecular weight excluding hydrogens is 316 g/mol. The molecule has 0 spiro atoms. The van der Waals surface area contributed by atoms with Crippen LogP contribution in [0.5, 0.6) is 0 Å². The van der Waals surface area contributed by atoms with Gasteiger partial charge in [0.1, 0.15) is 0 Å². The highest BCUT2D eigenvalue weighted by Crippen LogP contribution is 2.20. The Kier molecular flexibility index (Phi) is 5.41. The summed E-state index contributed by atoms with van der Waals surface area (Å²) < 4.78 is 24.2. The standard InChI is InChI=1S/C16H22N2O4S/c1-12(2)18-11-13(10-15(18)19)16(20)17-8-9-23(21,22)14-6-4-3-5-7-14/h3-7,12-13H,8-11H2,1-2H3,(H,17,20). The Morgan fingerprint density at radius 1 is 1.30 bits per heavy atom. The van der Waals surface area contributed by atoms with Gasteiger partial charge in [-0.25, -0.2) is 8.42 Å². The lowest BCUT2D eigenvalue weighted by Crippen LogP contribution is -2.37. The van der Waals surface area contributed by atoms with Crippen LogP contribution in [0.1, 0.15) is 20.3 Å². The quantitative estimate of drug-likeness (QED) is 0.833. The Morgan fingerprint density at radius 2 is 1.96 bits per heavy atom. The molecule has 1 heterocycles. The van der Waals surface area contributed by atoms with Gasteiger partial charge in [0.15, 0.2) is 9.84 Å². The van der Waals surface area contributed by atoms with Crippen molar-refractivity contribution in [3.63, 3.8) is 0 Å². The third-order valence-corrected chi connectivity index (χ3v) is 5.66. The van der Waals surface area contributed by atoms with Gasteiger partial charge in [-0.2, -0.15) is 0 Å². The number of hydrogen-bond donors (Lipinski definition) is 1. The Balaban J connectivity index is 1.85. The highest BCUT2D eigenvalue weighted by Gasteiger charge is 2.35. The molecule has 23 heavy (non-hydrogen) atoms. The van der Waals surface area contributed by atoms with Crippen molar-refractivity contribution in [3.05, 3.63) is 30.3 Å². The third kappa shape index (κ3) is 4.31. The zero-order valence-corrected chi connectivity index (χ0v) is 14.2. The van der Waals surface area contributed by atoms with Crippen LogP contribution in [0.25, 0.3) is 0 Å². The van der Waals surface area contributed by atoms with Crippen molar-refractivity contribution < 1.29 is 18.0 Å². The molecule has 1 aromatic carbocycles. The number of nitrogens with one attached hydrogen (secondary N) is 1. The van der Waals surface area contributed by atoms with Gasteiger partial charge in [-0.15, -0.1) is 0 Å². The van der Waals surface area contributed by atoms with Crippen LogP contribution in [0.3, 0.4) is 0 Å². The Morgan fingerprint density at radius 3 is 2.52 bits per heavy atom. The molecule has 2 rings (SSSR count). The zero-order valence-electron chi connectivity index (χ0n) is 13.4. The van der Waals surface area contributed by atoms with E-state index < -0.39 is 15.8 Å². The lowest BCUT2D eigenvalue weighted by atomic mass is 10.1. The van der Waals surface area contributed by atoms with Crippen LogP contribution in [-0.2, 0) is 19.4 Å². The first-order valence-corrected chi connectivity index (χ1v) is 9.31. The number of rotatable bonds is 6. The van der Waals surface area contributed by atoms with Crippen molar-refractivity contribution in [1.29, 1.82) is 0 Å².